The van der Waals surface area contributed by atoms with Crippen LogP contribution in [-0.2, 0) is 9.59 Å². The quantitative estimate of drug-likeness (QED) is 0.723. The molecule has 1 aromatic carbocycles. The standard InChI is InChI=1S/C12H12BrNO5/c1-5-6(2)8(13)4-3-7(5)10(15)14-9(11(16)17)12(18)19/h3-4,9H,1-2H3,(H,14,15)(H,16,17)(H,18,19). The fourth-order valence-electron chi connectivity index (χ4n) is 1.47. The maximum atomic E-state index is 11.9. The van der Waals surface area contributed by atoms with E-state index in [0.717, 1.165) is 10.0 Å². The lowest BCUT2D eigenvalue weighted by molar-refractivity contribution is -0.150. The highest BCUT2D eigenvalue weighted by Crippen LogP contribution is 2.22. The van der Waals surface area contributed by atoms with Crippen molar-refractivity contribution in [2.45, 2.75) is 19.9 Å². The third kappa shape index (κ3) is 3.31. The highest BCUT2D eigenvalue weighted by molar-refractivity contribution is 9.10. The zero-order valence-electron chi connectivity index (χ0n) is 10.2. The molecule has 0 unspecified atom stereocenters. The van der Waals surface area contributed by atoms with Crippen LogP contribution in [0.3, 0.4) is 0 Å². The van der Waals surface area contributed by atoms with Crippen LogP contribution in [0.5, 0.6) is 0 Å². The van der Waals surface area contributed by atoms with E-state index in [2.05, 4.69) is 15.9 Å². The lowest BCUT2D eigenvalue weighted by Gasteiger charge is -2.13. The molecule has 1 amide bonds. The average Bonchev–Trinajstić information content (AvgIpc) is 2.32. The van der Waals surface area contributed by atoms with E-state index in [9.17, 15) is 14.4 Å². The molecule has 102 valence electrons. The Labute approximate surface area is 117 Å². The third-order valence-corrected chi connectivity index (χ3v) is 3.59. The van der Waals surface area contributed by atoms with E-state index < -0.39 is 23.9 Å². The average molecular weight is 330 g/mol. The number of carboxylic acid groups (broad SMARTS) is 2. The molecule has 0 aliphatic rings. The number of amides is 1. The number of benzene rings is 1. The van der Waals surface area contributed by atoms with Gasteiger partial charge in [0.25, 0.3) is 5.91 Å². The first-order valence-electron chi connectivity index (χ1n) is 5.28. The molecule has 0 radical (unpaired) electrons. The van der Waals surface area contributed by atoms with E-state index in [0.29, 0.717) is 5.56 Å². The molecule has 0 bridgehead atoms. The summed E-state index contributed by atoms with van der Waals surface area (Å²) in [5, 5.41) is 19.4. The van der Waals surface area contributed by atoms with Crippen molar-refractivity contribution in [3.05, 3.63) is 33.3 Å². The molecule has 0 fully saturated rings. The second-order valence-corrected chi connectivity index (χ2v) is 4.78. The van der Waals surface area contributed by atoms with Crippen LogP contribution in [-0.4, -0.2) is 34.1 Å². The number of carbonyl (C=O) groups is 3. The predicted octanol–water partition coefficient (Wildman–Crippen LogP) is 1.33. The Morgan fingerprint density at radius 3 is 2.11 bits per heavy atom. The Bertz CT molecular complexity index is 541. The first-order valence-corrected chi connectivity index (χ1v) is 6.07. The van der Waals surface area contributed by atoms with Gasteiger partial charge in [0.1, 0.15) is 0 Å². The van der Waals surface area contributed by atoms with Gasteiger partial charge in [-0.15, -0.1) is 0 Å². The van der Waals surface area contributed by atoms with E-state index in [-0.39, 0.29) is 5.56 Å². The van der Waals surface area contributed by atoms with Crippen LogP contribution in [0.2, 0.25) is 0 Å². The summed E-state index contributed by atoms with van der Waals surface area (Å²) >= 11 is 3.31. The number of nitrogens with one attached hydrogen (secondary N) is 1. The van der Waals surface area contributed by atoms with Crippen LogP contribution in [0, 0.1) is 13.8 Å². The number of aliphatic carboxylic acids is 2. The maximum absolute atomic E-state index is 11.9. The van der Waals surface area contributed by atoms with E-state index >= 15 is 0 Å². The van der Waals surface area contributed by atoms with Gasteiger partial charge in [0.2, 0.25) is 6.04 Å². The summed E-state index contributed by atoms with van der Waals surface area (Å²) in [6, 6.07) is 1.19. The molecule has 1 aromatic rings. The molecule has 0 saturated heterocycles. The summed E-state index contributed by atoms with van der Waals surface area (Å²) in [6.45, 7) is 3.49. The van der Waals surface area contributed by atoms with E-state index in [1.165, 1.54) is 6.07 Å². The van der Waals surface area contributed by atoms with Crippen molar-refractivity contribution in [3.63, 3.8) is 0 Å². The van der Waals surface area contributed by atoms with Crippen molar-refractivity contribution in [1.82, 2.24) is 5.32 Å². The van der Waals surface area contributed by atoms with Gasteiger partial charge >= 0.3 is 11.9 Å². The maximum Gasteiger partial charge on any atom is 0.338 e. The number of carbonyl (C=O) groups excluding carboxylic acids is 1. The second-order valence-electron chi connectivity index (χ2n) is 3.93. The number of rotatable bonds is 4. The fraction of sp³-hybridized carbons (Fsp3) is 0.250. The van der Waals surface area contributed by atoms with Gasteiger partial charge in [-0.1, -0.05) is 15.9 Å². The Hall–Kier alpha value is -1.89. The van der Waals surface area contributed by atoms with Gasteiger partial charge in [-0.25, -0.2) is 9.59 Å². The normalized spacial score (nSPS) is 10.3. The molecule has 19 heavy (non-hydrogen) atoms. The Morgan fingerprint density at radius 1 is 1.11 bits per heavy atom. The molecular weight excluding hydrogens is 318 g/mol. The third-order valence-electron chi connectivity index (χ3n) is 2.74. The fourth-order valence-corrected chi connectivity index (χ4v) is 1.90. The van der Waals surface area contributed by atoms with Gasteiger partial charge in [-0.2, -0.15) is 0 Å². The first kappa shape index (κ1) is 15.2. The van der Waals surface area contributed by atoms with Crippen molar-refractivity contribution in [3.8, 4) is 0 Å². The summed E-state index contributed by atoms with van der Waals surface area (Å²) in [7, 11) is 0. The highest BCUT2D eigenvalue weighted by Gasteiger charge is 2.28. The van der Waals surface area contributed by atoms with Crippen molar-refractivity contribution in [1.29, 1.82) is 0 Å². The highest BCUT2D eigenvalue weighted by atomic mass is 79.9. The van der Waals surface area contributed by atoms with Crippen molar-refractivity contribution in [2.24, 2.45) is 0 Å². The number of hydrogen-bond donors (Lipinski definition) is 3. The van der Waals surface area contributed by atoms with Crippen LogP contribution in [0.4, 0.5) is 0 Å². The summed E-state index contributed by atoms with van der Waals surface area (Å²) in [6.07, 6.45) is 0. The molecule has 3 N–H and O–H groups in total. The zero-order chi connectivity index (χ0) is 14.7. The van der Waals surface area contributed by atoms with Gasteiger partial charge in [0, 0.05) is 10.0 Å². The predicted molar refractivity (Wildman–Crippen MR) is 70.1 cm³/mol. The number of carboxylic acids is 2. The molecular formula is C12H12BrNO5. The molecule has 0 heterocycles. The molecule has 0 saturated carbocycles. The molecule has 0 aromatic heterocycles. The van der Waals surface area contributed by atoms with Gasteiger partial charge < -0.3 is 15.5 Å². The molecule has 0 aliphatic heterocycles. The monoisotopic (exact) mass is 329 g/mol. The van der Waals surface area contributed by atoms with Crippen LogP contribution < -0.4 is 5.32 Å². The van der Waals surface area contributed by atoms with Gasteiger partial charge in [0.05, 0.1) is 0 Å². The second kappa shape index (κ2) is 5.83. The lowest BCUT2D eigenvalue weighted by atomic mass is 10.0. The van der Waals surface area contributed by atoms with Gasteiger partial charge in [-0.05, 0) is 37.1 Å². The molecule has 0 spiro atoms. The summed E-state index contributed by atoms with van der Waals surface area (Å²) in [5.41, 5.74) is 1.73. The summed E-state index contributed by atoms with van der Waals surface area (Å²) in [4.78, 5) is 33.3. The largest absolute Gasteiger partial charge is 0.479 e. The summed E-state index contributed by atoms with van der Waals surface area (Å²) < 4.78 is 0.814. The Morgan fingerprint density at radius 2 is 1.63 bits per heavy atom. The van der Waals surface area contributed by atoms with Crippen LogP contribution >= 0.6 is 15.9 Å². The van der Waals surface area contributed by atoms with Crippen molar-refractivity contribution < 1.29 is 24.6 Å². The molecule has 7 heteroatoms. The molecule has 0 aliphatic carbocycles. The Balaban J connectivity index is 3.05. The van der Waals surface area contributed by atoms with Crippen LogP contribution in [0.15, 0.2) is 16.6 Å². The molecule has 0 atom stereocenters. The molecule has 6 nitrogen and oxygen atoms in total. The van der Waals surface area contributed by atoms with Crippen LogP contribution in [0.25, 0.3) is 0 Å². The van der Waals surface area contributed by atoms with E-state index in [4.69, 9.17) is 10.2 Å². The minimum absolute atomic E-state index is 0.244. The Kier molecular flexibility index (Phi) is 4.66. The van der Waals surface area contributed by atoms with Gasteiger partial charge in [0.15, 0.2) is 0 Å². The van der Waals surface area contributed by atoms with Gasteiger partial charge in [-0.3, -0.25) is 4.79 Å². The topological polar surface area (TPSA) is 104 Å². The minimum atomic E-state index is -1.96. The zero-order valence-corrected chi connectivity index (χ0v) is 11.8. The van der Waals surface area contributed by atoms with E-state index in [1.54, 1.807) is 19.9 Å². The van der Waals surface area contributed by atoms with Crippen LogP contribution in [0.1, 0.15) is 21.5 Å². The lowest BCUT2D eigenvalue weighted by Crippen LogP contribution is -2.46. The van der Waals surface area contributed by atoms with E-state index in [1.807, 2.05) is 5.32 Å². The smallest absolute Gasteiger partial charge is 0.338 e. The van der Waals surface area contributed by atoms with Crippen molar-refractivity contribution in [2.75, 3.05) is 0 Å². The first-order chi connectivity index (χ1) is 8.75. The van der Waals surface area contributed by atoms with Crippen molar-refractivity contribution >= 4 is 33.8 Å². The minimum Gasteiger partial charge on any atom is -0.479 e. The summed E-state index contributed by atoms with van der Waals surface area (Å²) in [5.74, 6) is -3.97. The molecule has 1 rings (SSSR count). The SMILES string of the molecule is Cc1c(Br)ccc(C(=O)NC(C(=O)O)C(=O)O)c1C. The number of hydrogen-bond acceptors (Lipinski definition) is 3. The number of halogens is 1.